The maximum atomic E-state index is 10.9. The largest absolute Gasteiger partial charge is 0.281 e. The lowest BCUT2D eigenvalue weighted by Gasteiger charge is -2.10. The zero-order valence-electron chi connectivity index (χ0n) is 10.3. The average Bonchev–Trinajstić information content (AvgIpc) is 2.39. The van der Waals surface area contributed by atoms with Crippen LogP contribution in [0.5, 0.6) is 0 Å². The Morgan fingerprint density at radius 3 is 2.11 bits per heavy atom. The van der Waals surface area contributed by atoms with Crippen molar-refractivity contribution >= 4 is 16.8 Å². The van der Waals surface area contributed by atoms with Crippen molar-refractivity contribution in [3.63, 3.8) is 0 Å². The summed E-state index contributed by atoms with van der Waals surface area (Å²) < 4.78 is 0. The molecule has 2 heteroatoms. The molecule has 0 aromatic heterocycles. The Morgan fingerprint density at radius 2 is 1.56 bits per heavy atom. The van der Waals surface area contributed by atoms with Crippen LogP contribution in [0, 0.1) is 0 Å². The van der Waals surface area contributed by atoms with E-state index in [1.165, 1.54) is 11.1 Å². The second-order valence-electron chi connectivity index (χ2n) is 4.45. The fourth-order valence-electron chi connectivity index (χ4n) is 1.99. The molecule has 0 amide bonds. The number of benzene rings is 2. The molecule has 1 nitrogen and oxygen atoms in total. The Morgan fingerprint density at radius 1 is 1.00 bits per heavy atom. The summed E-state index contributed by atoms with van der Waals surface area (Å²) in [5.74, 6) is 0.167. The summed E-state index contributed by atoms with van der Waals surface area (Å²) in [5.41, 5.74) is 3.53. The predicted octanol–water partition coefficient (Wildman–Crippen LogP) is 4.61. The van der Waals surface area contributed by atoms with Crippen molar-refractivity contribution in [2.75, 3.05) is 0 Å². The molecule has 0 unspecified atom stereocenters. The van der Waals surface area contributed by atoms with Crippen LogP contribution in [0.1, 0.15) is 24.8 Å². The maximum Gasteiger partial charge on any atom is 0.222 e. The molecular weight excluding hydrogens is 244 g/mol. The van der Waals surface area contributed by atoms with Crippen LogP contribution >= 0.6 is 11.6 Å². The van der Waals surface area contributed by atoms with Crippen LogP contribution in [0.15, 0.2) is 54.6 Å². The number of rotatable bonds is 4. The second-order valence-corrected chi connectivity index (χ2v) is 4.87. The zero-order valence-corrected chi connectivity index (χ0v) is 11.0. The van der Waals surface area contributed by atoms with Crippen LogP contribution in [0.25, 0.3) is 11.1 Å². The van der Waals surface area contributed by atoms with Gasteiger partial charge in [-0.25, -0.2) is 0 Å². The van der Waals surface area contributed by atoms with E-state index >= 15 is 0 Å². The van der Waals surface area contributed by atoms with Gasteiger partial charge in [0.25, 0.3) is 0 Å². The summed E-state index contributed by atoms with van der Waals surface area (Å²) in [6, 6.07) is 18.5. The summed E-state index contributed by atoms with van der Waals surface area (Å²) in [6.45, 7) is 2.01. The molecule has 1 atom stereocenters. The predicted molar refractivity (Wildman–Crippen MR) is 75.8 cm³/mol. The fraction of sp³-hybridized carbons (Fsp3) is 0.188. The highest BCUT2D eigenvalue weighted by molar-refractivity contribution is 6.63. The lowest BCUT2D eigenvalue weighted by molar-refractivity contribution is -0.111. The van der Waals surface area contributed by atoms with Crippen molar-refractivity contribution in [1.29, 1.82) is 0 Å². The Bertz CT molecular complexity index is 517. The van der Waals surface area contributed by atoms with Gasteiger partial charge in [0, 0.05) is 6.42 Å². The molecule has 0 aliphatic rings. The molecule has 2 rings (SSSR count). The lowest BCUT2D eigenvalue weighted by Crippen LogP contribution is -1.98. The molecule has 0 saturated heterocycles. The van der Waals surface area contributed by atoms with Crippen LogP contribution in [0.2, 0.25) is 0 Å². The third-order valence-electron chi connectivity index (χ3n) is 3.05. The molecule has 0 radical (unpaired) electrons. The van der Waals surface area contributed by atoms with Crippen molar-refractivity contribution < 1.29 is 4.79 Å². The van der Waals surface area contributed by atoms with Crippen LogP contribution in [-0.2, 0) is 4.79 Å². The normalized spacial score (nSPS) is 12.1. The minimum atomic E-state index is -0.283. The van der Waals surface area contributed by atoms with Gasteiger partial charge in [0.2, 0.25) is 5.24 Å². The molecule has 0 bridgehead atoms. The van der Waals surface area contributed by atoms with Crippen molar-refractivity contribution in [2.24, 2.45) is 0 Å². The highest BCUT2D eigenvalue weighted by Gasteiger charge is 2.09. The van der Waals surface area contributed by atoms with Gasteiger partial charge in [-0.3, -0.25) is 4.79 Å². The number of carbonyl (C=O) groups is 1. The Hall–Kier alpha value is -1.60. The van der Waals surface area contributed by atoms with Crippen molar-refractivity contribution in [3.05, 3.63) is 60.2 Å². The topological polar surface area (TPSA) is 17.1 Å². The standard InChI is InChI=1S/C16H15ClO/c1-12(11-16(17)18)13-7-9-15(10-8-13)14-5-3-2-4-6-14/h2-10,12H,11H2,1H3/t12-/m1/s1. The third-order valence-corrected chi connectivity index (χ3v) is 3.21. The number of halogens is 1. The fourth-order valence-corrected chi connectivity index (χ4v) is 2.22. The van der Waals surface area contributed by atoms with Crippen LogP contribution in [0.3, 0.4) is 0 Å². The molecule has 92 valence electrons. The van der Waals surface area contributed by atoms with E-state index in [4.69, 9.17) is 11.6 Å². The van der Waals surface area contributed by atoms with E-state index in [1.807, 2.05) is 25.1 Å². The van der Waals surface area contributed by atoms with Gasteiger partial charge in [-0.15, -0.1) is 0 Å². The molecule has 0 saturated carbocycles. The van der Waals surface area contributed by atoms with E-state index in [2.05, 4.69) is 36.4 Å². The van der Waals surface area contributed by atoms with E-state index in [-0.39, 0.29) is 11.2 Å². The first-order valence-electron chi connectivity index (χ1n) is 6.00. The van der Waals surface area contributed by atoms with E-state index in [1.54, 1.807) is 0 Å². The molecule has 2 aromatic carbocycles. The minimum Gasteiger partial charge on any atom is -0.281 e. The summed E-state index contributed by atoms with van der Waals surface area (Å²) in [5, 5.41) is -0.283. The van der Waals surface area contributed by atoms with Crippen LogP contribution in [0.4, 0.5) is 0 Å². The van der Waals surface area contributed by atoms with Gasteiger partial charge in [0.1, 0.15) is 0 Å². The van der Waals surface area contributed by atoms with Crippen LogP contribution in [-0.4, -0.2) is 5.24 Å². The molecule has 2 aromatic rings. The number of hydrogen-bond donors (Lipinski definition) is 0. The van der Waals surface area contributed by atoms with Gasteiger partial charge in [-0.1, -0.05) is 61.5 Å². The van der Waals surface area contributed by atoms with Crippen molar-refractivity contribution in [2.45, 2.75) is 19.3 Å². The molecule has 0 aliphatic heterocycles. The van der Waals surface area contributed by atoms with E-state index < -0.39 is 0 Å². The molecule has 0 N–H and O–H groups in total. The number of carbonyl (C=O) groups excluding carboxylic acids is 1. The van der Waals surface area contributed by atoms with E-state index in [0.29, 0.717) is 6.42 Å². The molecule has 18 heavy (non-hydrogen) atoms. The Labute approximate surface area is 112 Å². The molecule has 0 heterocycles. The Kier molecular flexibility index (Phi) is 4.16. The average molecular weight is 259 g/mol. The molecular formula is C16H15ClO. The smallest absolute Gasteiger partial charge is 0.222 e. The molecule has 0 spiro atoms. The Balaban J connectivity index is 2.18. The van der Waals surface area contributed by atoms with Gasteiger partial charge in [0.05, 0.1) is 0 Å². The summed E-state index contributed by atoms with van der Waals surface area (Å²) in [4.78, 5) is 10.9. The third kappa shape index (κ3) is 3.21. The minimum absolute atomic E-state index is 0.167. The lowest BCUT2D eigenvalue weighted by atomic mass is 9.96. The SMILES string of the molecule is C[C@H](CC(=O)Cl)c1ccc(-c2ccccc2)cc1. The van der Waals surface area contributed by atoms with Gasteiger partial charge in [-0.2, -0.15) is 0 Å². The monoisotopic (exact) mass is 258 g/mol. The highest BCUT2D eigenvalue weighted by Crippen LogP contribution is 2.24. The van der Waals surface area contributed by atoms with E-state index in [0.717, 1.165) is 5.56 Å². The molecule has 0 fully saturated rings. The summed E-state index contributed by atoms with van der Waals surface area (Å²) in [6.07, 6.45) is 0.381. The molecule has 0 aliphatic carbocycles. The maximum absolute atomic E-state index is 10.9. The van der Waals surface area contributed by atoms with Gasteiger partial charge >= 0.3 is 0 Å². The van der Waals surface area contributed by atoms with Crippen LogP contribution < -0.4 is 0 Å². The first-order chi connectivity index (χ1) is 8.66. The second kappa shape index (κ2) is 5.83. The summed E-state index contributed by atoms with van der Waals surface area (Å²) >= 11 is 5.41. The van der Waals surface area contributed by atoms with Gasteiger partial charge < -0.3 is 0 Å². The van der Waals surface area contributed by atoms with Gasteiger partial charge in [0.15, 0.2) is 0 Å². The van der Waals surface area contributed by atoms with Gasteiger partial charge in [-0.05, 0) is 34.2 Å². The zero-order chi connectivity index (χ0) is 13.0. The van der Waals surface area contributed by atoms with Crippen molar-refractivity contribution in [1.82, 2.24) is 0 Å². The number of hydrogen-bond acceptors (Lipinski definition) is 1. The summed E-state index contributed by atoms with van der Waals surface area (Å²) in [7, 11) is 0. The first kappa shape index (κ1) is 12.8. The highest BCUT2D eigenvalue weighted by atomic mass is 35.5. The quantitative estimate of drug-likeness (QED) is 0.732. The first-order valence-corrected chi connectivity index (χ1v) is 6.38. The van der Waals surface area contributed by atoms with Crippen molar-refractivity contribution in [3.8, 4) is 11.1 Å². The van der Waals surface area contributed by atoms with E-state index in [9.17, 15) is 4.79 Å².